The molecule has 3 aromatic rings. The van der Waals surface area contributed by atoms with Crippen LogP contribution in [-0.2, 0) is 4.79 Å². The number of hydrogen-bond donors (Lipinski definition) is 1. The number of thiazole rings is 1. The third kappa shape index (κ3) is 2.65. The lowest BCUT2D eigenvalue weighted by Gasteiger charge is -2.37. The third-order valence-electron chi connectivity index (χ3n) is 3.91. The van der Waals surface area contributed by atoms with E-state index in [2.05, 4.69) is 15.5 Å². The molecule has 8 heteroatoms. The molecule has 1 aliphatic rings. The number of rotatable bonds is 3. The number of aryl methyl sites for hydroxylation is 1. The van der Waals surface area contributed by atoms with Gasteiger partial charge in [0.15, 0.2) is 10.8 Å². The van der Waals surface area contributed by atoms with Crippen molar-refractivity contribution in [2.24, 2.45) is 5.92 Å². The predicted octanol–water partition coefficient (Wildman–Crippen LogP) is 2.30. The molecule has 24 heavy (non-hydrogen) atoms. The number of benzene rings is 1. The highest BCUT2D eigenvalue weighted by molar-refractivity contribution is 7.22. The topological polar surface area (TPSA) is 88.3 Å². The van der Waals surface area contributed by atoms with Crippen molar-refractivity contribution in [1.29, 1.82) is 0 Å². The van der Waals surface area contributed by atoms with Gasteiger partial charge < -0.3 is 14.7 Å². The number of carbonyl (C=O) groups excluding carboxylic acids is 2. The number of fused-ring (bicyclic) bond motifs is 1. The van der Waals surface area contributed by atoms with Crippen molar-refractivity contribution >= 4 is 38.5 Å². The normalized spacial score (nSPS) is 14.6. The molecule has 3 heterocycles. The molecular formula is C16H14N4O3S. The second kappa shape index (κ2) is 5.72. The Hall–Kier alpha value is -2.74. The zero-order valence-electron chi connectivity index (χ0n) is 12.9. The molecule has 0 saturated carbocycles. The minimum absolute atomic E-state index is 0.116. The monoisotopic (exact) mass is 342 g/mol. The summed E-state index contributed by atoms with van der Waals surface area (Å²) in [5.41, 5.74) is 1.14. The van der Waals surface area contributed by atoms with Crippen molar-refractivity contribution in [3.63, 3.8) is 0 Å². The lowest BCUT2D eigenvalue weighted by atomic mass is 9.99. The van der Waals surface area contributed by atoms with Gasteiger partial charge in [0.25, 0.3) is 5.91 Å². The van der Waals surface area contributed by atoms with E-state index in [0.717, 1.165) is 10.2 Å². The van der Waals surface area contributed by atoms with Gasteiger partial charge >= 0.3 is 0 Å². The van der Waals surface area contributed by atoms with Crippen LogP contribution in [0.4, 0.5) is 5.13 Å². The summed E-state index contributed by atoms with van der Waals surface area (Å²) in [6.45, 7) is 2.48. The molecule has 122 valence electrons. The summed E-state index contributed by atoms with van der Waals surface area (Å²) in [6.07, 6.45) is 0. The first kappa shape index (κ1) is 14.8. The number of amides is 2. The van der Waals surface area contributed by atoms with Crippen LogP contribution in [0.1, 0.15) is 16.2 Å². The van der Waals surface area contributed by atoms with Gasteiger partial charge in [-0.05, 0) is 19.1 Å². The van der Waals surface area contributed by atoms with Crippen molar-refractivity contribution in [1.82, 2.24) is 15.0 Å². The van der Waals surface area contributed by atoms with Crippen molar-refractivity contribution in [3.05, 3.63) is 41.8 Å². The average Bonchev–Trinajstić information content (AvgIpc) is 3.10. The van der Waals surface area contributed by atoms with Crippen LogP contribution in [-0.4, -0.2) is 39.9 Å². The fourth-order valence-corrected chi connectivity index (χ4v) is 3.44. The van der Waals surface area contributed by atoms with E-state index < -0.39 is 0 Å². The molecule has 0 radical (unpaired) electrons. The molecule has 1 aliphatic heterocycles. The fourth-order valence-electron chi connectivity index (χ4n) is 2.57. The van der Waals surface area contributed by atoms with Crippen molar-refractivity contribution in [2.75, 3.05) is 18.4 Å². The van der Waals surface area contributed by atoms with Crippen molar-refractivity contribution in [2.45, 2.75) is 6.92 Å². The Kier molecular flexibility index (Phi) is 3.53. The zero-order chi connectivity index (χ0) is 16.7. The van der Waals surface area contributed by atoms with Crippen LogP contribution in [0.25, 0.3) is 10.2 Å². The SMILES string of the molecule is Cc1cc(C(=O)N2CC(C(=O)Nc3nc4ccccc4s3)C2)no1. The van der Waals surface area contributed by atoms with Gasteiger partial charge in [-0.25, -0.2) is 4.98 Å². The van der Waals surface area contributed by atoms with Gasteiger partial charge in [0.05, 0.1) is 16.1 Å². The first-order valence-electron chi connectivity index (χ1n) is 7.49. The van der Waals surface area contributed by atoms with Crippen LogP contribution < -0.4 is 5.32 Å². The van der Waals surface area contributed by atoms with Gasteiger partial charge in [-0.3, -0.25) is 9.59 Å². The van der Waals surface area contributed by atoms with Crippen LogP contribution in [0.2, 0.25) is 0 Å². The van der Waals surface area contributed by atoms with E-state index in [0.29, 0.717) is 24.0 Å². The van der Waals surface area contributed by atoms with Crippen LogP contribution in [0, 0.1) is 12.8 Å². The molecule has 1 aromatic carbocycles. The number of likely N-dealkylation sites (tertiary alicyclic amines) is 1. The number of carbonyl (C=O) groups is 2. The molecule has 0 bridgehead atoms. The average molecular weight is 342 g/mol. The molecule has 0 atom stereocenters. The Morgan fingerprint density at radius 3 is 2.83 bits per heavy atom. The summed E-state index contributed by atoms with van der Waals surface area (Å²) >= 11 is 1.44. The molecule has 1 N–H and O–H groups in total. The fraction of sp³-hybridized carbons (Fsp3) is 0.250. The number of aromatic nitrogens is 2. The Labute approximate surface area is 141 Å². The lowest BCUT2D eigenvalue weighted by Crippen LogP contribution is -2.54. The van der Waals surface area contributed by atoms with E-state index >= 15 is 0 Å². The van der Waals surface area contributed by atoms with Gasteiger partial charge in [0, 0.05) is 19.2 Å². The summed E-state index contributed by atoms with van der Waals surface area (Å²) in [4.78, 5) is 30.4. The Bertz CT molecular complexity index is 893. The maximum atomic E-state index is 12.3. The molecule has 7 nitrogen and oxygen atoms in total. The van der Waals surface area contributed by atoms with Crippen LogP contribution in [0.15, 0.2) is 34.9 Å². The molecular weight excluding hydrogens is 328 g/mol. The minimum Gasteiger partial charge on any atom is -0.361 e. The van der Waals surface area contributed by atoms with Crippen molar-refractivity contribution < 1.29 is 14.1 Å². The smallest absolute Gasteiger partial charge is 0.276 e. The third-order valence-corrected chi connectivity index (χ3v) is 4.86. The van der Waals surface area contributed by atoms with Crippen LogP contribution in [0.3, 0.4) is 0 Å². The first-order chi connectivity index (χ1) is 11.6. The summed E-state index contributed by atoms with van der Waals surface area (Å²) in [5.74, 6) is 0.0308. The van der Waals surface area contributed by atoms with E-state index in [1.165, 1.54) is 11.3 Å². The van der Waals surface area contributed by atoms with Gasteiger partial charge in [0.2, 0.25) is 5.91 Å². The summed E-state index contributed by atoms with van der Waals surface area (Å²) in [5, 5.41) is 7.12. The Balaban J connectivity index is 1.36. The summed E-state index contributed by atoms with van der Waals surface area (Å²) < 4.78 is 5.93. The first-order valence-corrected chi connectivity index (χ1v) is 8.31. The largest absolute Gasteiger partial charge is 0.361 e. The zero-order valence-corrected chi connectivity index (χ0v) is 13.7. The van der Waals surface area contributed by atoms with E-state index in [4.69, 9.17) is 4.52 Å². The number of nitrogens with zero attached hydrogens (tertiary/aromatic N) is 3. The number of para-hydroxylation sites is 1. The highest BCUT2D eigenvalue weighted by atomic mass is 32.1. The van der Waals surface area contributed by atoms with Gasteiger partial charge in [0.1, 0.15) is 5.76 Å². The van der Waals surface area contributed by atoms with Gasteiger partial charge in [-0.15, -0.1) is 0 Å². The van der Waals surface area contributed by atoms with E-state index in [9.17, 15) is 9.59 Å². The maximum absolute atomic E-state index is 12.3. The van der Waals surface area contributed by atoms with Crippen LogP contribution in [0.5, 0.6) is 0 Å². The number of hydrogen-bond acceptors (Lipinski definition) is 6. The molecule has 1 fully saturated rings. The summed E-state index contributed by atoms with van der Waals surface area (Å²) in [7, 11) is 0. The molecule has 2 aromatic heterocycles. The minimum atomic E-state index is -0.228. The van der Waals surface area contributed by atoms with Gasteiger partial charge in [-0.1, -0.05) is 28.6 Å². The second-order valence-electron chi connectivity index (χ2n) is 5.71. The highest BCUT2D eigenvalue weighted by Crippen LogP contribution is 2.27. The number of anilines is 1. The highest BCUT2D eigenvalue weighted by Gasteiger charge is 2.37. The van der Waals surface area contributed by atoms with E-state index in [1.807, 2.05) is 24.3 Å². The standard InChI is InChI=1S/C16H14N4O3S/c1-9-6-12(19-23-9)15(22)20-7-10(8-20)14(21)18-16-17-11-4-2-3-5-13(11)24-16/h2-6,10H,7-8H2,1H3,(H,17,18,21). The molecule has 4 rings (SSSR count). The second-order valence-corrected chi connectivity index (χ2v) is 6.74. The molecule has 0 aliphatic carbocycles. The quantitative estimate of drug-likeness (QED) is 0.789. The molecule has 0 spiro atoms. The van der Waals surface area contributed by atoms with Crippen molar-refractivity contribution in [3.8, 4) is 0 Å². The van der Waals surface area contributed by atoms with E-state index in [1.54, 1.807) is 17.9 Å². The Morgan fingerprint density at radius 2 is 2.12 bits per heavy atom. The predicted molar refractivity (Wildman–Crippen MR) is 88.9 cm³/mol. The molecule has 2 amide bonds. The summed E-state index contributed by atoms with van der Waals surface area (Å²) in [6, 6.07) is 9.32. The van der Waals surface area contributed by atoms with E-state index in [-0.39, 0.29) is 23.4 Å². The van der Waals surface area contributed by atoms with Gasteiger partial charge in [-0.2, -0.15) is 0 Å². The molecule has 0 unspecified atom stereocenters. The van der Waals surface area contributed by atoms with Crippen LogP contribution >= 0.6 is 11.3 Å². The molecule has 1 saturated heterocycles. The lowest BCUT2D eigenvalue weighted by molar-refractivity contribution is -0.123. The number of nitrogens with one attached hydrogen (secondary N) is 1. The Morgan fingerprint density at radius 1 is 1.33 bits per heavy atom. The maximum Gasteiger partial charge on any atom is 0.276 e.